The molecule has 0 unspecified atom stereocenters. The molecule has 0 heterocycles. The van der Waals surface area contributed by atoms with Gasteiger partial charge in [-0.1, -0.05) is 19.3 Å². The molecule has 0 atom stereocenters. The minimum Gasteiger partial charge on any atom is -0.477 e. The van der Waals surface area contributed by atoms with Crippen molar-refractivity contribution >= 4 is 5.97 Å². The Morgan fingerprint density at radius 1 is 1.20 bits per heavy atom. The molecule has 1 saturated carbocycles. The lowest BCUT2D eigenvalue weighted by Crippen LogP contribution is -2.38. The fraction of sp³-hybridized carbons (Fsp3) is 0.500. The van der Waals surface area contributed by atoms with E-state index in [1.807, 2.05) is 0 Å². The van der Waals surface area contributed by atoms with E-state index in [2.05, 4.69) is 0 Å². The SMILES string of the molecule is NCC1(c2cc(F)c(C(=O)O)c(F)c2F)CCCCC1. The number of benzene rings is 1. The first-order valence-electron chi connectivity index (χ1n) is 6.54. The average Bonchev–Trinajstić information content (AvgIpc) is 2.43. The van der Waals surface area contributed by atoms with Gasteiger partial charge in [-0.15, -0.1) is 0 Å². The third kappa shape index (κ3) is 2.28. The van der Waals surface area contributed by atoms with E-state index in [0.29, 0.717) is 12.8 Å². The Bertz CT molecular complexity index is 540. The third-order valence-electron chi connectivity index (χ3n) is 4.15. The number of nitrogens with two attached hydrogens (primary N) is 1. The van der Waals surface area contributed by atoms with Crippen molar-refractivity contribution < 1.29 is 23.1 Å². The molecule has 1 fully saturated rings. The normalized spacial score (nSPS) is 18.0. The Hall–Kier alpha value is -1.56. The Kier molecular flexibility index (Phi) is 4.04. The maximum absolute atomic E-state index is 14.2. The molecule has 2 rings (SSSR count). The van der Waals surface area contributed by atoms with E-state index in [0.717, 1.165) is 25.3 Å². The second-order valence-corrected chi connectivity index (χ2v) is 5.26. The summed E-state index contributed by atoms with van der Waals surface area (Å²) in [5.41, 5.74) is 3.51. The second-order valence-electron chi connectivity index (χ2n) is 5.26. The van der Waals surface area contributed by atoms with Gasteiger partial charge in [-0.25, -0.2) is 18.0 Å². The summed E-state index contributed by atoms with van der Waals surface area (Å²) in [6, 6.07) is 0.792. The minimum absolute atomic E-state index is 0.0786. The lowest BCUT2D eigenvalue weighted by Gasteiger charge is -2.37. The summed E-state index contributed by atoms with van der Waals surface area (Å²) < 4.78 is 41.7. The van der Waals surface area contributed by atoms with Crippen LogP contribution >= 0.6 is 0 Å². The molecule has 3 nitrogen and oxygen atoms in total. The first-order valence-corrected chi connectivity index (χ1v) is 6.54. The average molecular weight is 287 g/mol. The van der Waals surface area contributed by atoms with Crippen molar-refractivity contribution in [1.29, 1.82) is 0 Å². The van der Waals surface area contributed by atoms with Crippen molar-refractivity contribution in [3.8, 4) is 0 Å². The third-order valence-corrected chi connectivity index (χ3v) is 4.15. The van der Waals surface area contributed by atoms with Crippen molar-refractivity contribution in [3.05, 3.63) is 34.6 Å². The van der Waals surface area contributed by atoms with Crippen LogP contribution in [0.4, 0.5) is 13.2 Å². The van der Waals surface area contributed by atoms with Gasteiger partial charge in [0.1, 0.15) is 11.4 Å². The van der Waals surface area contributed by atoms with Crippen LogP contribution in [-0.4, -0.2) is 17.6 Å². The van der Waals surface area contributed by atoms with E-state index in [4.69, 9.17) is 10.8 Å². The first-order chi connectivity index (χ1) is 9.43. The van der Waals surface area contributed by atoms with Crippen LogP contribution in [0.5, 0.6) is 0 Å². The standard InChI is InChI=1S/C14H16F3NO2/c15-9-6-8(11(16)12(17)10(9)13(19)20)14(7-18)4-2-1-3-5-14/h6H,1-5,7,18H2,(H,19,20). The van der Waals surface area contributed by atoms with Gasteiger partial charge in [0, 0.05) is 17.5 Å². The van der Waals surface area contributed by atoms with E-state index in [1.165, 1.54) is 0 Å². The maximum atomic E-state index is 14.2. The Morgan fingerprint density at radius 2 is 1.80 bits per heavy atom. The smallest absolute Gasteiger partial charge is 0.341 e. The molecule has 0 amide bonds. The number of hydrogen-bond donors (Lipinski definition) is 2. The van der Waals surface area contributed by atoms with Crippen LogP contribution in [0.1, 0.15) is 48.0 Å². The summed E-state index contributed by atoms with van der Waals surface area (Å²) in [7, 11) is 0. The van der Waals surface area contributed by atoms with Gasteiger partial charge in [0.2, 0.25) is 0 Å². The summed E-state index contributed by atoms with van der Waals surface area (Å²) in [5.74, 6) is -6.03. The largest absolute Gasteiger partial charge is 0.477 e. The number of carboxylic acids is 1. The van der Waals surface area contributed by atoms with Crippen molar-refractivity contribution in [2.45, 2.75) is 37.5 Å². The fourth-order valence-corrected chi connectivity index (χ4v) is 2.99. The summed E-state index contributed by atoms with van der Waals surface area (Å²) in [5, 5.41) is 8.72. The minimum atomic E-state index is -1.82. The van der Waals surface area contributed by atoms with Crippen LogP contribution in [0.3, 0.4) is 0 Å². The van der Waals surface area contributed by atoms with Gasteiger partial charge in [0.05, 0.1) is 0 Å². The predicted molar refractivity (Wildman–Crippen MR) is 67.1 cm³/mol. The summed E-state index contributed by atoms with van der Waals surface area (Å²) >= 11 is 0. The maximum Gasteiger partial charge on any atom is 0.341 e. The number of carboxylic acid groups (broad SMARTS) is 1. The second kappa shape index (κ2) is 5.44. The van der Waals surface area contributed by atoms with Gasteiger partial charge >= 0.3 is 5.97 Å². The zero-order valence-corrected chi connectivity index (χ0v) is 10.9. The summed E-state index contributed by atoms with van der Waals surface area (Å²) in [6.07, 6.45) is 3.68. The van der Waals surface area contributed by atoms with Crippen molar-refractivity contribution in [2.24, 2.45) is 5.73 Å². The molecule has 0 radical (unpaired) electrons. The van der Waals surface area contributed by atoms with Crippen molar-refractivity contribution in [1.82, 2.24) is 0 Å². The van der Waals surface area contributed by atoms with Crippen molar-refractivity contribution in [2.75, 3.05) is 6.54 Å². The van der Waals surface area contributed by atoms with Crippen LogP contribution in [0, 0.1) is 17.5 Å². The number of hydrogen-bond acceptors (Lipinski definition) is 2. The lowest BCUT2D eigenvalue weighted by atomic mass is 9.69. The molecular formula is C14H16F3NO2. The topological polar surface area (TPSA) is 63.3 Å². The highest BCUT2D eigenvalue weighted by atomic mass is 19.2. The molecule has 110 valence electrons. The van der Waals surface area contributed by atoms with Crippen molar-refractivity contribution in [3.63, 3.8) is 0 Å². The predicted octanol–water partition coefficient (Wildman–Crippen LogP) is 2.96. The highest BCUT2D eigenvalue weighted by Crippen LogP contribution is 2.41. The van der Waals surface area contributed by atoms with E-state index in [1.54, 1.807) is 0 Å². The monoisotopic (exact) mass is 287 g/mol. The summed E-state index contributed by atoms with van der Waals surface area (Å²) in [6.45, 7) is 0.0786. The van der Waals surface area contributed by atoms with E-state index < -0.39 is 34.4 Å². The highest BCUT2D eigenvalue weighted by molar-refractivity contribution is 5.88. The Morgan fingerprint density at radius 3 is 2.30 bits per heavy atom. The van der Waals surface area contributed by atoms with Gasteiger partial charge in [0.15, 0.2) is 11.6 Å². The van der Waals surface area contributed by atoms with Gasteiger partial charge < -0.3 is 10.8 Å². The van der Waals surface area contributed by atoms with E-state index >= 15 is 0 Å². The Labute approximate surface area is 114 Å². The molecule has 3 N–H and O–H groups in total. The van der Waals surface area contributed by atoms with Crippen LogP contribution in [-0.2, 0) is 5.41 Å². The zero-order valence-electron chi connectivity index (χ0n) is 10.9. The molecular weight excluding hydrogens is 271 g/mol. The number of halogens is 3. The lowest BCUT2D eigenvalue weighted by molar-refractivity contribution is 0.0684. The van der Waals surface area contributed by atoms with Gasteiger partial charge in [-0.3, -0.25) is 0 Å². The molecule has 1 aromatic carbocycles. The molecule has 1 aliphatic carbocycles. The number of aromatic carboxylic acids is 1. The number of carbonyl (C=O) groups is 1. The first kappa shape index (κ1) is 14.8. The molecule has 0 bridgehead atoms. The molecule has 6 heteroatoms. The molecule has 0 aromatic heterocycles. The molecule has 0 spiro atoms. The molecule has 1 aromatic rings. The molecule has 20 heavy (non-hydrogen) atoms. The van der Waals surface area contributed by atoms with Gasteiger partial charge in [0.25, 0.3) is 0 Å². The van der Waals surface area contributed by atoms with Gasteiger partial charge in [-0.2, -0.15) is 0 Å². The van der Waals surface area contributed by atoms with Gasteiger partial charge in [-0.05, 0) is 18.9 Å². The highest BCUT2D eigenvalue weighted by Gasteiger charge is 2.38. The fourth-order valence-electron chi connectivity index (χ4n) is 2.99. The Balaban J connectivity index is 2.60. The zero-order chi connectivity index (χ0) is 14.9. The molecule has 1 aliphatic rings. The van der Waals surface area contributed by atoms with Crippen LogP contribution in [0.15, 0.2) is 6.07 Å². The van der Waals surface area contributed by atoms with Crippen LogP contribution in [0.2, 0.25) is 0 Å². The molecule has 0 aliphatic heterocycles. The van der Waals surface area contributed by atoms with Crippen LogP contribution < -0.4 is 5.73 Å². The summed E-state index contributed by atoms with van der Waals surface area (Å²) in [4.78, 5) is 10.8. The quantitative estimate of drug-likeness (QED) is 0.840. The van der Waals surface area contributed by atoms with Crippen LogP contribution in [0.25, 0.3) is 0 Å². The van der Waals surface area contributed by atoms with E-state index in [-0.39, 0.29) is 12.1 Å². The number of rotatable bonds is 3. The molecule has 0 saturated heterocycles. The van der Waals surface area contributed by atoms with E-state index in [9.17, 15) is 18.0 Å².